The minimum Gasteiger partial charge on any atom is -0.268 e. The second kappa shape index (κ2) is 9.32. The average molecular weight is 407 g/mol. The molecule has 0 N–H and O–H groups in total. The highest BCUT2D eigenvalue weighted by atomic mass is 19.1. The lowest BCUT2D eigenvalue weighted by Crippen LogP contribution is -2.20. The molecule has 1 fully saturated rings. The molecule has 0 spiro atoms. The molecular weight excluding hydrogens is 371 g/mol. The van der Waals surface area contributed by atoms with Gasteiger partial charge < -0.3 is 0 Å². The van der Waals surface area contributed by atoms with E-state index in [1.807, 2.05) is 6.07 Å². The molecule has 2 nitrogen and oxygen atoms in total. The van der Waals surface area contributed by atoms with Gasteiger partial charge in [0.25, 0.3) is 0 Å². The van der Waals surface area contributed by atoms with Gasteiger partial charge in [-0.25, -0.2) is 4.39 Å². The predicted molar refractivity (Wildman–Crippen MR) is 124 cm³/mol. The first kappa shape index (κ1) is 21.1. The van der Waals surface area contributed by atoms with Crippen molar-refractivity contribution < 1.29 is 4.39 Å². The van der Waals surface area contributed by atoms with E-state index in [1.54, 1.807) is 6.08 Å². The van der Waals surface area contributed by atoms with E-state index in [-0.39, 0.29) is 11.7 Å². The second-order valence-electron chi connectivity index (χ2n) is 9.43. The highest BCUT2D eigenvalue weighted by Crippen LogP contribution is 2.38. The van der Waals surface area contributed by atoms with E-state index in [2.05, 4.69) is 55.8 Å². The number of benzene rings is 1. The van der Waals surface area contributed by atoms with Crippen LogP contribution in [-0.2, 0) is 6.54 Å². The zero-order valence-corrected chi connectivity index (χ0v) is 18.7. The maximum atomic E-state index is 14.3. The van der Waals surface area contributed by atoms with Crippen molar-refractivity contribution in [2.75, 3.05) is 0 Å². The molecule has 1 aromatic carbocycles. The Hall–Kier alpha value is -2.16. The monoisotopic (exact) mass is 406 g/mol. The molecule has 2 aliphatic rings. The molecule has 1 aromatic heterocycles. The van der Waals surface area contributed by atoms with E-state index in [9.17, 15) is 4.39 Å². The van der Waals surface area contributed by atoms with Gasteiger partial charge >= 0.3 is 0 Å². The van der Waals surface area contributed by atoms with Gasteiger partial charge in [-0.15, -0.1) is 0 Å². The van der Waals surface area contributed by atoms with Crippen LogP contribution in [-0.4, -0.2) is 9.78 Å². The van der Waals surface area contributed by atoms with Crippen molar-refractivity contribution in [3.63, 3.8) is 0 Å². The summed E-state index contributed by atoms with van der Waals surface area (Å²) in [6.07, 6.45) is 12.4. The lowest BCUT2D eigenvalue weighted by atomic mass is 9.80. The molecule has 0 radical (unpaired) electrons. The molecule has 0 amide bonds. The molecule has 3 heteroatoms. The average Bonchev–Trinajstić information content (AvgIpc) is 3.06. The van der Waals surface area contributed by atoms with E-state index in [1.165, 1.54) is 38.5 Å². The molecule has 0 saturated heterocycles. The quantitative estimate of drug-likeness (QED) is 0.479. The highest BCUT2D eigenvalue weighted by Gasteiger charge is 2.25. The fourth-order valence-electron chi connectivity index (χ4n) is 5.33. The molecule has 1 heterocycles. The van der Waals surface area contributed by atoms with Crippen molar-refractivity contribution in [3.8, 4) is 11.3 Å². The Labute approximate surface area is 180 Å². The van der Waals surface area contributed by atoms with Crippen LogP contribution in [0, 0.1) is 24.7 Å². The zero-order valence-electron chi connectivity index (χ0n) is 18.7. The van der Waals surface area contributed by atoms with Gasteiger partial charge in [0.1, 0.15) is 11.5 Å². The summed E-state index contributed by atoms with van der Waals surface area (Å²) in [6.45, 7) is 7.51. The topological polar surface area (TPSA) is 17.8 Å². The molecule has 2 aliphatic carbocycles. The Balaban J connectivity index is 1.65. The third-order valence-electron chi connectivity index (χ3n) is 6.93. The summed E-state index contributed by atoms with van der Waals surface area (Å²) < 4.78 is 16.5. The smallest absolute Gasteiger partial charge is 0.101 e. The summed E-state index contributed by atoms with van der Waals surface area (Å²) in [4.78, 5) is 0. The van der Waals surface area contributed by atoms with Crippen molar-refractivity contribution in [3.05, 3.63) is 59.6 Å². The van der Waals surface area contributed by atoms with Crippen LogP contribution in [0.2, 0.25) is 0 Å². The van der Waals surface area contributed by atoms with E-state index >= 15 is 0 Å². The maximum absolute atomic E-state index is 14.3. The van der Waals surface area contributed by atoms with E-state index in [0.29, 0.717) is 12.3 Å². The van der Waals surface area contributed by atoms with Crippen molar-refractivity contribution in [1.82, 2.24) is 9.78 Å². The van der Waals surface area contributed by atoms with Crippen LogP contribution in [0.1, 0.15) is 70.1 Å². The number of hydrogen-bond donors (Lipinski definition) is 0. The number of hydrogen-bond acceptors (Lipinski definition) is 1. The van der Waals surface area contributed by atoms with Crippen LogP contribution in [0.3, 0.4) is 0 Å². The molecule has 1 unspecified atom stereocenters. The Bertz CT molecular complexity index is 914. The standard InChI is InChI=1S/C27H35FN2/c1-4-8-21-11-13-22(14-12-21)18-30-20(3)26(24-15-19(2)16-25(28)17-24)27(29-30)23-9-6-5-7-10-23/h5-7,9-10,15,17,19,21-22H,4,8,11-14,16,18H2,1-3H3. The normalized spacial score (nSPS) is 24.5. The lowest BCUT2D eigenvalue weighted by Gasteiger charge is -2.28. The fraction of sp³-hybridized carbons (Fsp3) is 0.519. The van der Waals surface area contributed by atoms with Crippen LogP contribution < -0.4 is 0 Å². The molecule has 4 rings (SSSR count). The third-order valence-corrected chi connectivity index (χ3v) is 6.93. The SMILES string of the molecule is CCCC1CCC(Cn2nc(-c3ccccc3)c(C3=CC(C)CC(F)=C3)c2C)CC1. The number of halogens is 1. The van der Waals surface area contributed by atoms with Crippen molar-refractivity contribution in [2.24, 2.45) is 17.8 Å². The number of aromatic nitrogens is 2. The Morgan fingerprint density at radius 1 is 1.07 bits per heavy atom. The fourth-order valence-corrected chi connectivity index (χ4v) is 5.33. The largest absolute Gasteiger partial charge is 0.268 e. The maximum Gasteiger partial charge on any atom is 0.101 e. The first-order chi connectivity index (χ1) is 14.5. The molecule has 0 aliphatic heterocycles. The summed E-state index contributed by atoms with van der Waals surface area (Å²) in [7, 11) is 0. The lowest BCUT2D eigenvalue weighted by molar-refractivity contribution is 0.235. The molecule has 30 heavy (non-hydrogen) atoms. The summed E-state index contributed by atoms with van der Waals surface area (Å²) in [5.41, 5.74) is 5.34. The Morgan fingerprint density at radius 2 is 1.77 bits per heavy atom. The molecular formula is C27H35FN2. The Morgan fingerprint density at radius 3 is 2.43 bits per heavy atom. The molecule has 160 valence electrons. The van der Waals surface area contributed by atoms with Crippen LogP contribution in [0.25, 0.3) is 16.8 Å². The summed E-state index contributed by atoms with van der Waals surface area (Å²) in [6, 6.07) is 10.4. The van der Waals surface area contributed by atoms with Gasteiger partial charge in [0.2, 0.25) is 0 Å². The zero-order chi connectivity index (χ0) is 21.1. The van der Waals surface area contributed by atoms with Crippen LogP contribution in [0.4, 0.5) is 4.39 Å². The molecule has 1 atom stereocenters. The van der Waals surface area contributed by atoms with Crippen molar-refractivity contribution in [2.45, 2.75) is 72.3 Å². The number of nitrogens with zero attached hydrogens (tertiary/aromatic N) is 2. The molecule has 0 bridgehead atoms. The van der Waals surface area contributed by atoms with E-state index in [0.717, 1.165) is 40.6 Å². The van der Waals surface area contributed by atoms with E-state index < -0.39 is 0 Å². The second-order valence-corrected chi connectivity index (χ2v) is 9.43. The minimum absolute atomic E-state index is 0.0274. The third kappa shape index (κ3) is 4.61. The van der Waals surface area contributed by atoms with Gasteiger partial charge in [-0.1, -0.05) is 75.9 Å². The highest BCUT2D eigenvalue weighted by molar-refractivity contribution is 5.86. The van der Waals surface area contributed by atoms with Crippen molar-refractivity contribution in [1.29, 1.82) is 0 Å². The molecule has 2 aromatic rings. The van der Waals surface area contributed by atoms with Gasteiger partial charge in [-0.3, -0.25) is 4.68 Å². The van der Waals surface area contributed by atoms with Crippen molar-refractivity contribution >= 4 is 5.57 Å². The summed E-state index contributed by atoms with van der Waals surface area (Å²) >= 11 is 0. The van der Waals surface area contributed by atoms with Gasteiger partial charge in [0, 0.05) is 29.8 Å². The number of allylic oxidation sites excluding steroid dienone is 4. The predicted octanol–water partition coefficient (Wildman–Crippen LogP) is 7.74. The van der Waals surface area contributed by atoms with Crippen LogP contribution in [0.15, 0.2) is 48.3 Å². The Kier molecular flexibility index (Phi) is 6.55. The van der Waals surface area contributed by atoms with E-state index in [4.69, 9.17) is 5.10 Å². The summed E-state index contributed by atoms with van der Waals surface area (Å²) in [5.74, 6) is 1.80. The minimum atomic E-state index is -0.0274. The number of rotatable bonds is 6. The van der Waals surface area contributed by atoms with Gasteiger partial charge in [0.05, 0.1) is 0 Å². The summed E-state index contributed by atoms with van der Waals surface area (Å²) in [5, 5.41) is 5.08. The first-order valence-corrected chi connectivity index (χ1v) is 11.8. The van der Waals surface area contributed by atoms with Gasteiger partial charge in [0.15, 0.2) is 0 Å². The van der Waals surface area contributed by atoms with Crippen LogP contribution in [0.5, 0.6) is 0 Å². The van der Waals surface area contributed by atoms with Crippen LogP contribution >= 0.6 is 0 Å². The van der Waals surface area contributed by atoms with Gasteiger partial charge in [-0.05, 0) is 49.2 Å². The van der Waals surface area contributed by atoms with Gasteiger partial charge in [-0.2, -0.15) is 5.10 Å². The molecule has 1 saturated carbocycles. The first-order valence-electron chi connectivity index (χ1n) is 11.8.